The Balaban J connectivity index is 1.24. The van der Waals surface area contributed by atoms with E-state index in [4.69, 9.17) is 5.73 Å². The number of nitrogens with two attached hydrogens (primary N) is 1. The molecule has 30 heavy (non-hydrogen) atoms. The topological polar surface area (TPSA) is 77.0 Å². The number of piperidine rings is 1. The Kier molecular flexibility index (Phi) is 5.31. The molecule has 2 N–H and O–H groups in total. The van der Waals surface area contributed by atoms with Gasteiger partial charge < -0.3 is 5.73 Å². The molecule has 1 amide bonds. The summed E-state index contributed by atoms with van der Waals surface area (Å²) in [5, 5.41) is 8.80. The molecule has 1 aromatic carbocycles. The fraction of sp³-hybridized carbons (Fsp3) is 0.609. The van der Waals surface area contributed by atoms with E-state index in [2.05, 4.69) is 27.5 Å². The van der Waals surface area contributed by atoms with Crippen LogP contribution in [0.25, 0.3) is 0 Å². The summed E-state index contributed by atoms with van der Waals surface area (Å²) in [6.45, 7) is 0.835. The fourth-order valence-electron chi connectivity index (χ4n) is 5.80. The van der Waals surface area contributed by atoms with Gasteiger partial charge in [-0.1, -0.05) is 17.3 Å². The number of fused-ring (bicyclic) bond motifs is 2. The number of aromatic nitrogens is 3. The number of amides is 1. The van der Waals surface area contributed by atoms with E-state index < -0.39 is 6.17 Å². The Morgan fingerprint density at radius 3 is 2.47 bits per heavy atom. The minimum absolute atomic E-state index is 0.290. The first-order valence-corrected chi connectivity index (χ1v) is 11.3. The van der Waals surface area contributed by atoms with Crippen LogP contribution in [0.3, 0.4) is 0 Å². The summed E-state index contributed by atoms with van der Waals surface area (Å²) in [5.41, 5.74) is 8.32. The molecule has 6 nitrogen and oxygen atoms in total. The predicted octanol–water partition coefficient (Wildman–Crippen LogP) is 3.74. The Bertz CT molecular complexity index is 893. The summed E-state index contributed by atoms with van der Waals surface area (Å²) in [6, 6.07) is 9.20. The number of primary amides is 1. The molecule has 2 bridgehead atoms. The van der Waals surface area contributed by atoms with Gasteiger partial charge in [-0.25, -0.2) is 9.07 Å². The van der Waals surface area contributed by atoms with E-state index in [0.29, 0.717) is 42.4 Å². The lowest BCUT2D eigenvalue weighted by molar-refractivity contribution is 0.0999. The van der Waals surface area contributed by atoms with Gasteiger partial charge in [0.15, 0.2) is 0 Å². The first-order chi connectivity index (χ1) is 14.6. The summed E-state index contributed by atoms with van der Waals surface area (Å²) >= 11 is 0. The van der Waals surface area contributed by atoms with Crippen LogP contribution in [0.2, 0.25) is 0 Å². The van der Waals surface area contributed by atoms with E-state index in [1.165, 1.54) is 18.4 Å². The number of halogens is 1. The molecule has 2 saturated heterocycles. The summed E-state index contributed by atoms with van der Waals surface area (Å²) in [5.74, 6) is 0.116. The number of carbonyl (C=O) groups excluding carboxylic acids is 1. The molecule has 1 aliphatic carbocycles. The molecular weight excluding hydrogens is 381 g/mol. The number of carbonyl (C=O) groups is 1. The largest absolute Gasteiger partial charge is 0.366 e. The van der Waals surface area contributed by atoms with Gasteiger partial charge in [0, 0.05) is 24.2 Å². The van der Waals surface area contributed by atoms with Gasteiger partial charge >= 0.3 is 0 Å². The molecular formula is C23H30FN5O. The molecule has 0 unspecified atom stereocenters. The quantitative estimate of drug-likeness (QED) is 0.813. The smallest absolute Gasteiger partial charge is 0.248 e. The highest BCUT2D eigenvalue weighted by Crippen LogP contribution is 2.43. The Labute approximate surface area is 176 Å². The molecule has 1 aromatic heterocycles. The zero-order chi connectivity index (χ0) is 20.7. The Morgan fingerprint density at radius 1 is 1.07 bits per heavy atom. The standard InChI is InChI=1S/C23H30FN5O/c24-18-4-6-20(7-5-18)29-14-19(26-27-29)13-28-21-8-9-22(28)12-17(11-21)15-2-1-3-16(10-15)23(25)30/h1-3,10,14,17-18,20-22H,4-9,11-13H2,(H2,25,30)/t17-,18?,20?,21+,22-. The van der Waals surface area contributed by atoms with Crippen molar-refractivity contribution in [2.24, 2.45) is 5.73 Å². The molecule has 160 valence electrons. The number of benzene rings is 1. The van der Waals surface area contributed by atoms with E-state index >= 15 is 0 Å². The monoisotopic (exact) mass is 411 g/mol. The van der Waals surface area contributed by atoms with Gasteiger partial charge in [0.1, 0.15) is 6.17 Å². The molecule has 3 heterocycles. The average Bonchev–Trinajstić information content (AvgIpc) is 3.30. The minimum Gasteiger partial charge on any atom is -0.366 e. The van der Waals surface area contributed by atoms with Crippen molar-refractivity contribution in [2.75, 3.05) is 0 Å². The van der Waals surface area contributed by atoms with E-state index in [9.17, 15) is 9.18 Å². The van der Waals surface area contributed by atoms with Crippen LogP contribution in [0.4, 0.5) is 4.39 Å². The van der Waals surface area contributed by atoms with E-state index in [-0.39, 0.29) is 5.91 Å². The second kappa shape index (κ2) is 8.10. The highest BCUT2D eigenvalue weighted by atomic mass is 19.1. The van der Waals surface area contributed by atoms with E-state index in [0.717, 1.165) is 37.9 Å². The number of hydrogen-bond donors (Lipinski definition) is 1. The van der Waals surface area contributed by atoms with Crippen molar-refractivity contribution in [1.29, 1.82) is 0 Å². The number of rotatable bonds is 5. The molecule has 3 aliphatic rings. The molecule has 3 atom stereocenters. The summed E-state index contributed by atoms with van der Waals surface area (Å²) in [4.78, 5) is 14.1. The lowest BCUT2D eigenvalue weighted by Crippen LogP contribution is -2.41. The lowest BCUT2D eigenvalue weighted by Gasteiger charge is -2.38. The first kappa shape index (κ1) is 19.7. The lowest BCUT2D eigenvalue weighted by atomic mass is 9.84. The van der Waals surface area contributed by atoms with Crippen molar-refractivity contribution < 1.29 is 9.18 Å². The van der Waals surface area contributed by atoms with Gasteiger partial charge in [-0.3, -0.25) is 9.69 Å². The van der Waals surface area contributed by atoms with Crippen LogP contribution in [0.1, 0.15) is 84.9 Å². The molecule has 7 heteroatoms. The number of hydrogen-bond acceptors (Lipinski definition) is 4. The predicted molar refractivity (Wildman–Crippen MR) is 112 cm³/mol. The number of alkyl halides is 1. The molecule has 0 radical (unpaired) electrons. The van der Waals surface area contributed by atoms with Crippen LogP contribution in [-0.4, -0.2) is 44.1 Å². The maximum Gasteiger partial charge on any atom is 0.248 e. The molecule has 3 fully saturated rings. The molecule has 0 spiro atoms. The number of nitrogens with zero attached hydrogens (tertiary/aromatic N) is 4. The highest BCUT2D eigenvalue weighted by Gasteiger charge is 2.41. The third kappa shape index (κ3) is 3.87. The van der Waals surface area contributed by atoms with Gasteiger partial charge in [-0.15, -0.1) is 5.10 Å². The normalized spacial score (nSPS) is 31.7. The van der Waals surface area contributed by atoms with Crippen molar-refractivity contribution in [3.05, 3.63) is 47.3 Å². The Morgan fingerprint density at radius 2 is 1.77 bits per heavy atom. The highest BCUT2D eigenvalue weighted by molar-refractivity contribution is 5.92. The van der Waals surface area contributed by atoms with Crippen LogP contribution < -0.4 is 5.73 Å². The van der Waals surface area contributed by atoms with Crippen LogP contribution in [0.15, 0.2) is 30.5 Å². The summed E-state index contributed by atoms with van der Waals surface area (Å²) in [7, 11) is 0. The van der Waals surface area contributed by atoms with Crippen LogP contribution in [-0.2, 0) is 6.54 Å². The summed E-state index contributed by atoms with van der Waals surface area (Å²) < 4.78 is 15.4. The van der Waals surface area contributed by atoms with Gasteiger partial charge in [-0.2, -0.15) is 0 Å². The average molecular weight is 412 g/mol. The molecule has 2 aromatic rings. The molecule has 2 aliphatic heterocycles. The van der Waals surface area contributed by atoms with Gasteiger partial charge in [-0.05, 0) is 75.0 Å². The van der Waals surface area contributed by atoms with Gasteiger partial charge in [0.05, 0.1) is 17.9 Å². The summed E-state index contributed by atoms with van der Waals surface area (Å²) in [6.07, 6.45) is 9.03. The Hall–Kier alpha value is -2.28. The van der Waals surface area contributed by atoms with Crippen molar-refractivity contribution in [3.8, 4) is 0 Å². The first-order valence-electron chi connectivity index (χ1n) is 11.3. The van der Waals surface area contributed by atoms with Crippen molar-refractivity contribution in [3.63, 3.8) is 0 Å². The molecule has 1 saturated carbocycles. The van der Waals surface area contributed by atoms with Crippen molar-refractivity contribution in [2.45, 2.75) is 88.1 Å². The third-order valence-corrected chi connectivity index (χ3v) is 7.43. The molecule has 5 rings (SSSR count). The second-order valence-electron chi connectivity index (χ2n) is 9.31. The minimum atomic E-state index is -0.648. The second-order valence-corrected chi connectivity index (χ2v) is 9.31. The van der Waals surface area contributed by atoms with Gasteiger partial charge in [0.25, 0.3) is 0 Å². The van der Waals surface area contributed by atoms with Crippen LogP contribution in [0.5, 0.6) is 0 Å². The van der Waals surface area contributed by atoms with E-state index in [1.54, 1.807) is 6.07 Å². The maximum atomic E-state index is 13.4. The van der Waals surface area contributed by atoms with Gasteiger partial charge in [0.2, 0.25) is 5.91 Å². The van der Waals surface area contributed by atoms with Crippen LogP contribution >= 0.6 is 0 Å². The zero-order valence-corrected chi connectivity index (χ0v) is 17.3. The van der Waals surface area contributed by atoms with Crippen molar-refractivity contribution >= 4 is 5.91 Å². The van der Waals surface area contributed by atoms with Crippen LogP contribution in [0, 0.1) is 0 Å². The fourth-order valence-corrected chi connectivity index (χ4v) is 5.80. The maximum absolute atomic E-state index is 13.4. The van der Waals surface area contributed by atoms with Crippen molar-refractivity contribution in [1.82, 2.24) is 19.9 Å². The SMILES string of the molecule is NC(=O)c1cccc([C@H]2C[C@H]3CC[C@@H](C2)N3Cc2cn(C3CCC(F)CC3)nn2)c1. The zero-order valence-electron chi connectivity index (χ0n) is 17.3. The third-order valence-electron chi connectivity index (χ3n) is 7.43. The van der Waals surface area contributed by atoms with E-state index in [1.807, 2.05) is 16.8 Å².